The number of rotatable bonds is 5. The van der Waals surface area contributed by atoms with Crippen molar-refractivity contribution in [3.8, 4) is 5.75 Å². The van der Waals surface area contributed by atoms with Crippen molar-refractivity contribution in [2.45, 2.75) is 31.8 Å². The van der Waals surface area contributed by atoms with Gasteiger partial charge in [-0.05, 0) is 25.0 Å². The minimum Gasteiger partial charge on any atom is -0.489 e. The van der Waals surface area contributed by atoms with Crippen LogP contribution in [0.25, 0.3) is 0 Å². The van der Waals surface area contributed by atoms with Gasteiger partial charge in [-0.1, -0.05) is 36.0 Å². The number of fused-ring (bicyclic) bond motifs is 1. The molecule has 24 heavy (non-hydrogen) atoms. The number of likely N-dealkylation sites (tertiary alicyclic amines) is 1. The van der Waals surface area contributed by atoms with Gasteiger partial charge in [-0.2, -0.15) is 0 Å². The Morgan fingerprint density at radius 2 is 1.79 bits per heavy atom. The molecule has 2 fully saturated rings. The van der Waals surface area contributed by atoms with E-state index in [2.05, 4.69) is 0 Å². The summed E-state index contributed by atoms with van der Waals surface area (Å²) >= 11 is 11.9. The Bertz CT molecular complexity index is 627. The molecule has 0 aromatic heterocycles. The lowest BCUT2D eigenvalue weighted by Crippen LogP contribution is -2.40. The zero-order valence-corrected chi connectivity index (χ0v) is 14.6. The summed E-state index contributed by atoms with van der Waals surface area (Å²) in [5, 5.41) is 11.0. The zero-order chi connectivity index (χ0) is 17.3. The third-order valence-electron chi connectivity index (χ3n) is 4.65. The van der Waals surface area contributed by atoms with Crippen molar-refractivity contribution in [2.75, 3.05) is 13.2 Å². The first kappa shape index (κ1) is 17.5. The molecule has 0 spiro atoms. The maximum atomic E-state index is 12.4. The molecule has 1 aromatic rings. The second-order valence-electron chi connectivity index (χ2n) is 6.32. The highest BCUT2D eigenvalue weighted by Gasteiger charge is 2.48. The first-order valence-electron chi connectivity index (χ1n) is 8.08. The van der Waals surface area contributed by atoms with E-state index >= 15 is 0 Å². The molecule has 0 bridgehead atoms. The van der Waals surface area contributed by atoms with Crippen LogP contribution in [0.3, 0.4) is 0 Å². The van der Waals surface area contributed by atoms with Gasteiger partial charge >= 0.3 is 0 Å². The number of carbonyl (C=O) groups excluding carboxylic acids is 2. The van der Waals surface area contributed by atoms with Crippen molar-refractivity contribution in [1.29, 1.82) is 0 Å². The van der Waals surface area contributed by atoms with Crippen molar-refractivity contribution in [3.63, 3.8) is 0 Å². The molecule has 2 aliphatic rings. The molecule has 3 atom stereocenters. The number of β-amino-alcohol motifs (C(OH)–C–C–N with tert-alkyl or cyclic N) is 1. The van der Waals surface area contributed by atoms with Gasteiger partial charge in [0, 0.05) is 11.1 Å². The SMILES string of the molecule is O=C1[C@H]2CCCC[C@H]2C(=O)N1C[C@@H](O)COc1cc(Cl)ccc1Cl. The monoisotopic (exact) mass is 371 g/mol. The van der Waals surface area contributed by atoms with Gasteiger partial charge in [-0.25, -0.2) is 0 Å². The second kappa shape index (κ2) is 7.30. The van der Waals surface area contributed by atoms with Crippen molar-refractivity contribution in [1.82, 2.24) is 4.90 Å². The van der Waals surface area contributed by atoms with Gasteiger partial charge in [0.05, 0.1) is 23.4 Å². The van der Waals surface area contributed by atoms with Gasteiger partial charge in [0.15, 0.2) is 0 Å². The summed E-state index contributed by atoms with van der Waals surface area (Å²) < 4.78 is 5.46. The molecule has 1 saturated carbocycles. The Kier molecular flexibility index (Phi) is 5.33. The normalized spacial score (nSPS) is 24.9. The highest BCUT2D eigenvalue weighted by atomic mass is 35.5. The maximum Gasteiger partial charge on any atom is 0.233 e. The molecular formula is C17H19Cl2NO4. The summed E-state index contributed by atoms with van der Waals surface area (Å²) in [6, 6.07) is 4.79. The average molecular weight is 372 g/mol. The molecule has 1 heterocycles. The Labute approximate surface area is 150 Å². The van der Waals surface area contributed by atoms with Crippen molar-refractivity contribution in [2.24, 2.45) is 11.8 Å². The molecule has 0 radical (unpaired) electrons. The molecule has 7 heteroatoms. The van der Waals surface area contributed by atoms with Crippen LogP contribution >= 0.6 is 23.2 Å². The molecule has 0 unspecified atom stereocenters. The molecule has 1 aliphatic heterocycles. The summed E-state index contributed by atoms with van der Waals surface area (Å²) in [6.07, 6.45) is 2.50. The fraction of sp³-hybridized carbons (Fsp3) is 0.529. The van der Waals surface area contributed by atoms with Crippen LogP contribution in [0.1, 0.15) is 25.7 Å². The summed E-state index contributed by atoms with van der Waals surface area (Å²) in [5.74, 6) is -0.381. The molecule has 1 saturated heterocycles. The van der Waals surface area contributed by atoms with Crippen LogP contribution < -0.4 is 4.74 Å². The highest BCUT2D eigenvalue weighted by Crippen LogP contribution is 2.38. The van der Waals surface area contributed by atoms with Gasteiger partial charge < -0.3 is 9.84 Å². The Morgan fingerprint density at radius 1 is 1.17 bits per heavy atom. The van der Waals surface area contributed by atoms with Gasteiger partial charge in [-0.15, -0.1) is 0 Å². The van der Waals surface area contributed by atoms with E-state index in [0.717, 1.165) is 25.7 Å². The van der Waals surface area contributed by atoms with Crippen LogP contribution in [-0.2, 0) is 9.59 Å². The second-order valence-corrected chi connectivity index (χ2v) is 7.17. The number of hydrogen-bond acceptors (Lipinski definition) is 4. The topological polar surface area (TPSA) is 66.8 Å². The van der Waals surface area contributed by atoms with Gasteiger partial charge in [0.2, 0.25) is 11.8 Å². The fourth-order valence-electron chi connectivity index (χ4n) is 3.45. The third kappa shape index (κ3) is 3.53. The van der Waals surface area contributed by atoms with Crippen molar-refractivity contribution < 1.29 is 19.4 Å². The van der Waals surface area contributed by atoms with Crippen LogP contribution in [0.15, 0.2) is 18.2 Å². The fourth-order valence-corrected chi connectivity index (χ4v) is 3.78. The first-order chi connectivity index (χ1) is 11.5. The lowest BCUT2D eigenvalue weighted by atomic mass is 9.81. The van der Waals surface area contributed by atoms with Gasteiger partial charge in [0.25, 0.3) is 0 Å². The van der Waals surface area contributed by atoms with Crippen LogP contribution in [0.2, 0.25) is 10.0 Å². The van der Waals surface area contributed by atoms with E-state index in [0.29, 0.717) is 15.8 Å². The number of amides is 2. The lowest BCUT2D eigenvalue weighted by Gasteiger charge is -2.19. The van der Waals surface area contributed by atoms with E-state index in [-0.39, 0.29) is 36.8 Å². The number of carbonyl (C=O) groups is 2. The van der Waals surface area contributed by atoms with Crippen LogP contribution in [0.4, 0.5) is 0 Å². The van der Waals surface area contributed by atoms with Crippen LogP contribution in [-0.4, -0.2) is 41.1 Å². The predicted molar refractivity (Wildman–Crippen MR) is 90.1 cm³/mol. The molecule has 1 N–H and O–H groups in total. The minimum atomic E-state index is -0.979. The van der Waals surface area contributed by atoms with Crippen molar-refractivity contribution in [3.05, 3.63) is 28.2 Å². The Balaban J connectivity index is 1.58. The number of aliphatic hydroxyl groups is 1. The number of aliphatic hydroxyl groups excluding tert-OH is 1. The number of nitrogens with zero attached hydrogens (tertiary/aromatic N) is 1. The quantitative estimate of drug-likeness (QED) is 0.808. The first-order valence-corrected chi connectivity index (χ1v) is 8.84. The molecule has 2 amide bonds. The molecular weight excluding hydrogens is 353 g/mol. The number of imide groups is 1. The summed E-state index contributed by atoms with van der Waals surface area (Å²) in [7, 11) is 0. The van der Waals surface area contributed by atoms with Crippen LogP contribution in [0.5, 0.6) is 5.75 Å². The van der Waals surface area contributed by atoms with Gasteiger partial charge in [-0.3, -0.25) is 14.5 Å². The number of ether oxygens (including phenoxy) is 1. The maximum absolute atomic E-state index is 12.4. The Morgan fingerprint density at radius 3 is 2.42 bits per heavy atom. The summed E-state index contributed by atoms with van der Waals surface area (Å²) in [6.45, 7) is -0.130. The van der Waals surface area contributed by atoms with E-state index < -0.39 is 6.10 Å². The highest BCUT2D eigenvalue weighted by molar-refractivity contribution is 6.34. The molecule has 1 aliphatic carbocycles. The Hall–Kier alpha value is -1.30. The zero-order valence-electron chi connectivity index (χ0n) is 13.1. The third-order valence-corrected chi connectivity index (χ3v) is 5.20. The van der Waals surface area contributed by atoms with E-state index in [1.165, 1.54) is 4.90 Å². The minimum absolute atomic E-state index is 0.0527. The standard InChI is InChI=1S/C17H19Cl2NO4/c18-10-5-6-14(19)15(7-10)24-9-11(21)8-20-16(22)12-3-1-2-4-13(12)17(20)23/h5-7,11-13,21H,1-4,8-9H2/t11-,12-,13+/m1/s1. The molecule has 130 valence electrons. The average Bonchev–Trinajstić information content (AvgIpc) is 2.81. The lowest BCUT2D eigenvalue weighted by molar-refractivity contribution is -0.141. The van der Waals surface area contributed by atoms with E-state index in [1.54, 1.807) is 18.2 Å². The van der Waals surface area contributed by atoms with Crippen LogP contribution in [0, 0.1) is 11.8 Å². The van der Waals surface area contributed by atoms with E-state index in [1.807, 2.05) is 0 Å². The molecule has 3 rings (SSSR count). The predicted octanol–water partition coefficient (Wildman–Crippen LogP) is 2.91. The van der Waals surface area contributed by atoms with E-state index in [4.69, 9.17) is 27.9 Å². The largest absolute Gasteiger partial charge is 0.489 e. The van der Waals surface area contributed by atoms with Crippen molar-refractivity contribution >= 4 is 35.0 Å². The molecule has 1 aromatic carbocycles. The van der Waals surface area contributed by atoms with Gasteiger partial charge in [0.1, 0.15) is 18.5 Å². The van der Waals surface area contributed by atoms with E-state index in [9.17, 15) is 14.7 Å². The number of benzene rings is 1. The summed E-state index contributed by atoms with van der Waals surface area (Å²) in [4.78, 5) is 25.9. The summed E-state index contributed by atoms with van der Waals surface area (Å²) in [5.41, 5.74) is 0. The molecule has 5 nitrogen and oxygen atoms in total. The number of hydrogen-bond donors (Lipinski definition) is 1. The smallest absolute Gasteiger partial charge is 0.233 e. The number of halogens is 2.